The third kappa shape index (κ3) is 2.88. The van der Waals surface area contributed by atoms with Crippen LogP contribution in [0.4, 0.5) is 10.5 Å². The SMILES string of the molecule is CC[C@@H]1C(=O)NCCCN1C(=O)Nc1cccc2c1ccn2C. The van der Waals surface area contributed by atoms with Crippen molar-refractivity contribution in [3.63, 3.8) is 0 Å². The topological polar surface area (TPSA) is 66.4 Å². The predicted octanol–water partition coefficient (Wildman–Crippen LogP) is 2.31. The Morgan fingerprint density at radius 1 is 1.39 bits per heavy atom. The number of hydrogen-bond acceptors (Lipinski definition) is 2. The van der Waals surface area contributed by atoms with E-state index in [0.717, 1.165) is 23.0 Å². The van der Waals surface area contributed by atoms with Crippen molar-refractivity contribution in [3.05, 3.63) is 30.5 Å². The molecule has 0 unspecified atom stereocenters. The van der Waals surface area contributed by atoms with E-state index in [1.165, 1.54) is 0 Å². The van der Waals surface area contributed by atoms with Crippen molar-refractivity contribution in [2.45, 2.75) is 25.8 Å². The average Bonchev–Trinajstić information content (AvgIpc) is 2.81. The molecule has 1 aliphatic rings. The molecule has 1 aromatic heterocycles. The molecule has 3 amide bonds. The van der Waals surface area contributed by atoms with Crippen LogP contribution >= 0.6 is 0 Å². The van der Waals surface area contributed by atoms with Gasteiger partial charge in [-0.1, -0.05) is 13.0 Å². The zero-order chi connectivity index (χ0) is 16.4. The molecule has 0 spiro atoms. The van der Waals surface area contributed by atoms with Gasteiger partial charge in [0.25, 0.3) is 0 Å². The van der Waals surface area contributed by atoms with Gasteiger partial charge in [0.15, 0.2) is 0 Å². The minimum atomic E-state index is -0.410. The number of hydrogen-bond donors (Lipinski definition) is 2. The molecular formula is C17H22N4O2. The quantitative estimate of drug-likeness (QED) is 0.893. The van der Waals surface area contributed by atoms with Crippen molar-refractivity contribution in [3.8, 4) is 0 Å². The average molecular weight is 314 g/mol. The van der Waals surface area contributed by atoms with Crippen LogP contribution in [0.2, 0.25) is 0 Å². The molecule has 0 saturated carbocycles. The van der Waals surface area contributed by atoms with Gasteiger partial charge in [0, 0.05) is 37.2 Å². The molecule has 1 fully saturated rings. The molecule has 122 valence electrons. The largest absolute Gasteiger partial charge is 0.354 e. The van der Waals surface area contributed by atoms with Crippen molar-refractivity contribution in [1.82, 2.24) is 14.8 Å². The van der Waals surface area contributed by atoms with Crippen molar-refractivity contribution in [2.24, 2.45) is 7.05 Å². The molecule has 3 rings (SSSR count). The normalized spacial score (nSPS) is 18.6. The Bertz CT molecular complexity index is 737. The van der Waals surface area contributed by atoms with Gasteiger partial charge in [-0.2, -0.15) is 0 Å². The molecule has 1 aromatic carbocycles. The third-order valence-electron chi connectivity index (χ3n) is 4.37. The minimum Gasteiger partial charge on any atom is -0.354 e. The first-order chi connectivity index (χ1) is 11.1. The lowest BCUT2D eigenvalue weighted by molar-refractivity contribution is -0.124. The number of amides is 3. The van der Waals surface area contributed by atoms with Crippen LogP contribution in [0.15, 0.2) is 30.5 Å². The first kappa shape index (κ1) is 15.4. The number of carbonyl (C=O) groups is 2. The fraction of sp³-hybridized carbons (Fsp3) is 0.412. The zero-order valence-corrected chi connectivity index (χ0v) is 13.5. The summed E-state index contributed by atoms with van der Waals surface area (Å²) in [6, 6.07) is 7.18. The lowest BCUT2D eigenvalue weighted by atomic mass is 10.2. The van der Waals surface area contributed by atoms with Crippen molar-refractivity contribution in [1.29, 1.82) is 0 Å². The summed E-state index contributed by atoms with van der Waals surface area (Å²) in [6.45, 7) is 3.12. The third-order valence-corrected chi connectivity index (χ3v) is 4.37. The van der Waals surface area contributed by atoms with Crippen LogP contribution in [-0.2, 0) is 11.8 Å². The molecule has 23 heavy (non-hydrogen) atoms. The summed E-state index contributed by atoms with van der Waals surface area (Å²) in [7, 11) is 1.97. The second-order valence-electron chi connectivity index (χ2n) is 5.86. The lowest BCUT2D eigenvalue weighted by Gasteiger charge is -2.27. The smallest absolute Gasteiger partial charge is 0.322 e. The van der Waals surface area contributed by atoms with E-state index in [1.807, 2.05) is 49.0 Å². The van der Waals surface area contributed by atoms with Crippen LogP contribution in [0.3, 0.4) is 0 Å². The molecule has 6 heteroatoms. The zero-order valence-electron chi connectivity index (χ0n) is 13.5. The fourth-order valence-electron chi connectivity index (χ4n) is 3.12. The highest BCUT2D eigenvalue weighted by molar-refractivity contribution is 6.02. The Morgan fingerprint density at radius 3 is 3.00 bits per heavy atom. The number of carbonyl (C=O) groups excluding carboxylic acids is 2. The van der Waals surface area contributed by atoms with E-state index in [0.29, 0.717) is 19.5 Å². The molecule has 1 saturated heterocycles. The van der Waals surface area contributed by atoms with Crippen LogP contribution in [0.25, 0.3) is 10.9 Å². The van der Waals surface area contributed by atoms with Gasteiger partial charge in [-0.15, -0.1) is 0 Å². The summed E-state index contributed by atoms with van der Waals surface area (Å²) in [5.74, 6) is -0.0712. The van der Waals surface area contributed by atoms with E-state index in [-0.39, 0.29) is 11.9 Å². The van der Waals surface area contributed by atoms with E-state index in [4.69, 9.17) is 0 Å². The molecule has 2 aromatic rings. The van der Waals surface area contributed by atoms with Gasteiger partial charge in [0.1, 0.15) is 6.04 Å². The Kier molecular flexibility index (Phi) is 4.23. The van der Waals surface area contributed by atoms with E-state index in [9.17, 15) is 9.59 Å². The standard InChI is InChI=1S/C17H22N4O2/c1-3-14-16(22)18-9-5-10-21(14)17(23)19-13-6-4-7-15-12(13)8-11-20(15)2/h4,6-8,11,14H,3,5,9-10H2,1-2H3,(H,18,22)(H,19,23)/t14-/m1/s1. The second kappa shape index (κ2) is 6.32. The molecule has 1 atom stereocenters. The highest BCUT2D eigenvalue weighted by Gasteiger charge is 2.30. The number of rotatable bonds is 2. The molecule has 0 radical (unpaired) electrons. The number of nitrogens with one attached hydrogen (secondary N) is 2. The molecule has 1 aliphatic heterocycles. The number of aryl methyl sites for hydroxylation is 1. The van der Waals surface area contributed by atoms with Crippen LogP contribution in [-0.4, -0.2) is 40.5 Å². The van der Waals surface area contributed by atoms with E-state index < -0.39 is 6.04 Å². The molecule has 0 bridgehead atoms. The number of anilines is 1. The van der Waals surface area contributed by atoms with E-state index in [1.54, 1.807) is 4.90 Å². The maximum atomic E-state index is 12.7. The van der Waals surface area contributed by atoms with E-state index in [2.05, 4.69) is 10.6 Å². The number of urea groups is 1. The maximum Gasteiger partial charge on any atom is 0.322 e. The molecule has 2 heterocycles. The van der Waals surface area contributed by atoms with Gasteiger partial charge in [-0.25, -0.2) is 4.79 Å². The summed E-state index contributed by atoms with van der Waals surface area (Å²) < 4.78 is 2.01. The van der Waals surface area contributed by atoms with Gasteiger partial charge in [-0.3, -0.25) is 4.79 Å². The van der Waals surface area contributed by atoms with Crippen molar-refractivity contribution < 1.29 is 9.59 Å². The van der Waals surface area contributed by atoms with Gasteiger partial charge >= 0.3 is 6.03 Å². The fourth-order valence-corrected chi connectivity index (χ4v) is 3.12. The molecule has 0 aliphatic carbocycles. The van der Waals surface area contributed by atoms with Crippen molar-refractivity contribution >= 4 is 28.5 Å². The maximum absolute atomic E-state index is 12.7. The number of fused-ring (bicyclic) bond motifs is 1. The van der Waals surface area contributed by atoms with Crippen LogP contribution in [0.5, 0.6) is 0 Å². The Hall–Kier alpha value is -2.50. The Labute approximate surface area is 135 Å². The highest BCUT2D eigenvalue weighted by Crippen LogP contribution is 2.24. The van der Waals surface area contributed by atoms with Crippen LogP contribution in [0.1, 0.15) is 19.8 Å². The summed E-state index contributed by atoms with van der Waals surface area (Å²) >= 11 is 0. The Balaban J connectivity index is 1.86. The number of nitrogens with zero attached hydrogens (tertiary/aromatic N) is 2. The van der Waals surface area contributed by atoms with E-state index >= 15 is 0 Å². The summed E-state index contributed by atoms with van der Waals surface area (Å²) in [5, 5.41) is 6.83. The monoisotopic (exact) mass is 314 g/mol. The number of benzene rings is 1. The first-order valence-corrected chi connectivity index (χ1v) is 8.01. The van der Waals surface area contributed by atoms with Crippen LogP contribution < -0.4 is 10.6 Å². The predicted molar refractivity (Wildman–Crippen MR) is 90.3 cm³/mol. The second-order valence-corrected chi connectivity index (χ2v) is 5.86. The van der Waals surface area contributed by atoms with Gasteiger partial charge in [0.2, 0.25) is 5.91 Å². The molecule has 2 N–H and O–H groups in total. The van der Waals surface area contributed by atoms with Crippen molar-refractivity contribution in [2.75, 3.05) is 18.4 Å². The van der Waals surface area contributed by atoms with Gasteiger partial charge in [0.05, 0.1) is 5.69 Å². The van der Waals surface area contributed by atoms with Crippen LogP contribution in [0, 0.1) is 0 Å². The summed E-state index contributed by atoms with van der Waals surface area (Å²) in [6.07, 6.45) is 3.34. The van der Waals surface area contributed by atoms with Gasteiger partial charge < -0.3 is 20.1 Å². The Morgan fingerprint density at radius 2 is 2.22 bits per heavy atom. The summed E-state index contributed by atoms with van der Waals surface area (Å²) in [5.41, 5.74) is 1.83. The summed E-state index contributed by atoms with van der Waals surface area (Å²) in [4.78, 5) is 26.4. The lowest BCUT2D eigenvalue weighted by Crippen LogP contribution is -2.48. The minimum absolute atomic E-state index is 0.0712. The van der Waals surface area contributed by atoms with Gasteiger partial charge in [-0.05, 0) is 31.0 Å². The highest BCUT2D eigenvalue weighted by atomic mass is 16.2. The molecule has 6 nitrogen and oxygen atoms in total. The number of aromatic nitrogens is 1. The molecular weight excluding hydrogens is 292 g/mol. The first-order valence-electron chi connectivity index (χ1n) is 8.01.